The molecule has 0 amide bonds. The first-order valence-corrected chi connectivity index (χ1v) is 7.76. The van der Waals surface area contributed by atoms with Crippen molar-refractivity contribution in [3.05, 3.63) is 17.6 Å². The van der Waals surface area contributed by atoms with Gasteiger partial charge in [0.05, 0.1) is 6.61 Å². The number of hydrogen-bond donors (Lipinski definition) is 0. The maximum atomic E-state index is 5.72. The number of rotatable bonds is 2. The minimum atomic E-state index is 0.370. The average Bonchev–Trinajstić information content (AvgIpc) is 2.83. The molecule has 0 aromatic carbocycles. The fourth-order valence-electron chi connectivity index (χ4n) is 3.36. The van der Waals surface area contributed by atoms with E-state index in [1.54, 1.807) is 0 Å². The Morgan fingerprint density at radius 2 is 2.15 bits per heavy atom. The van der Waals surface area contributed by atoms with Crippen LogP contribution >= 0.6 is 0 Å². The van der Waals surface area contributed by atoms with E-state index in [2.05, 4.69) is 36.7 Å². The van der Waals surface area contributed by atoms with E-state index in [1.165, 1.54) is 19.3 Å². The molecule has 110 valence electrons. The zero-order valence-electron chi connectivity index (χ0n) is 12.9. The fraction of sp³-hybridized carbons (Fsp3) is 0.750. The highest BCUT2D eigenvalue weighted by molar-refractivity contribution is 5.42. The molecule has 2 saturated heterocycles. The largest absolute Gasteiger partial charge is 0.381 e. The summed E-state index contributed by atoms with van der Waals surface area (Å²) < 4.78 is 5.72. The molecule has 1 aromatic heterocycles. The van der Waals surface area contributed by atoms with Crippen LogP contribution in [0.1, 0.15) is 50.5 Å². The highest BCUT2D eigenvalue weighted by atomic mass is 16.5. The van der Waals surface area contributed by atoms with Crippen LogP contribution in [0.4, 0.5) is 5.82 Å². The molecule has 1 spiro atoms. The van der Waals surface area contributed by atoms with Crippen LogP contribution in [0, 0.1) is 12.3 Å². The molecule has 2 fully saturated rings. The predicted molar refractivity (Wildman–Crippen MR) is 80.2 cm³/mol. The summed E-state index contributed by atoms with van der Waals surface area (Å²) in [7, 11) is 0. The second kappa shape index (κ2) is 5.32. The summed E-state index contributed by atoms with van der Waals surface area (Å²) in [6, 6.07) is 2.12. The van der Waals surface area contributed by atoms with Crippen LogP contribution < -0.4 is 4.90 Å². The van der Waals surface area contributed by atoms with Crippen LogP contribution in [0.2, 0.25) is 0 Å². The molecule has 1 atom stereocenters. The maximum Gasteiger partial charge on any atom is 0.133 e. The van der Waals surface area contributed by atoms with E-state index in [0.29, 0.717) is 11.3 Å². The molecule has 1 aromatic rings. The molecule has 4 heteroatoms. The van der Waals surface area contributed by atoms with Gasteiger partial charge in [-0.2, -0.15) is 0 Å². The van der Waals surface area contributed by atoms with Crippen molar-refractivity contribution in [2.75, 3.05) is 31.2 Å². The average molecular weight is 275 g/mol. The van der Waals surface area contributed by atoms with Gasteiger partial charge in [0, 0.05) is 42.8 Å². The third-order valence-corrected chi connectivity index (χ3v) is 4.54. The van der Waals surface area contributed by atoms with Crippen LogP contribution in [0.5, 0.6) is 0 Å². The third-order valence-electron chi connectivity index (χ3n) is 4.54. The molecule has 2 aliphatic heterocycles. The second-order valence-corrected chi connectivity index (χ2v) is 6.71. The summed E-state index contributed by atoms with van der Waals surface area (Å²) in [6.07, 6.45) is 3.73. The Labute approximate surface area is 121 Å². The number of ether oxygens (including phenoxy) is 1. The Morgan fingerprint density at radius 1 is 1.30 bits per heavy atom. The van der Waals surface area contributed by atoms with Gasteiger partial charge in [0.1, 0.15) is 11.6 Å². The molecular formula is C16H25N3O. The van der Waals surface area contributed by atoms with Gasteiger partial charge in [-0.1, -0.05) is 13.8 Å². The fourth-order valence-corrected chi connectivity index (χ4v) is 3.36. The lowest BCUT2D eigenvalue weighted by molar-refractivity contribution is 0.00437. The van der Waals surface area contributed by atoms with E-state index in [9.17, 15) is 0 Å². The Morgan fingerprint density at radius 3 is 2.85 bits per heavy atom. The van der Waals surface area contributed by atoms with Gasteiger partial charge in [0.2, 0.25) is 0 Å². The lowest BCUT2D eigenvalue weighted by atomic mass is 9.82. The highest BCUT2D eigenvalue weighted by Crippen LogP contribution is 2.39. The molecule has 3 rings (SSSR count). The third kappa shape index (κ3) is 2.66. The van der Waals surface area contributed by atoms with Crippen molar-refractivity contribution in [2.24, 2.45) is 5.41 Å². The molecule has 4 nitrogen and oxygen atoms in total. The highest BCUT2D eigenvalue weighted by Gasteiger charge is 2.40. The van der Waals surface area contributed by atoms with Gasteiger partial charge >= 0.3 is 0 Å². The quantitative estimate of drug-likeness (QED) is 0.832. The molecule has 0 aliphatic carbocycles. The topological polar surface area (TPSA) is 38.2 Å². The Bertz CT molecular complexity index is 481. The van der Waals surface area contributed by atoms with Crippen LogP contribution in [-0.2, 0) is 4.74 Å². The van der Waals surface area contributed by atoms with Crippen molar-refractivity contribution in [3.63, 3.8) is 0 Å². The zero-order valence-corrected chi connectivity index (χ0v) is 12.9. The number of anilines is 1. The zero-order chi connectivity index (χ0) is 14.2. The number of aromatic nitrogens is 2. The SMILES string of the molecule is Cc1cc(N2CC[C@@]3(CCCOC3)C2)nc(C(C)C)n1. The van der Waals surface area contributed by atoms with E-state index < -0.39 is 0 Å². The number of nitrogens with zero attached hydrogens (tertiary/aromatic N) is 3. The molecule has 0 bridgehead atoms. The van der Waals surface area contributed by atoms with Crippen molar-refractivity contribution in [2.45, 2.75) is 46.0 Å². The van der Waals surface area contributed by atoms with Gasteiger partial charge < -0.3 is 9.64 Å². The summed E-state index contributed by atoms with van der Waals surface area (Å²) in [6.45, 7) is 10.4. The smallest absolute Gasteiger partial charge is 0.133 e. The molecule has 0 unspecified atom stereocenters. The lowest BCUT2D eigenvalue weighted by Crippen LogP contribution is -2.35. The van der Waals surface area contributed by atoms with Crippen molar-refractivity contribution < 1.29 is 4.74 Å². The minimum Gasteiger partial charge on any atom is -0.381 e. The van der Waals surface area contributed by atoms with Crippen molar-refractivity contribution >= 4 is 5.82 Å². The summed E-state index contributed by atoms with van der Waals surface area (Å²) in [4.78, 5) is 11.7. The van der Waals surface area contributed by atoms with E-state index >= 15 is 0 Å². The first-order valence-electron chi connectivity index (χ1n) is 7.76. The Hall–Kier alpha value is -1.16. The van der Waals surface area contributed by atoms with Gasteiger partial charge in [-0.05, 0) is 26.2 Å². The Kier molecular flexibility index (Phi) is 3.67. The predicted octanol–water partition coefficient (Wildman–Crippen LogP) is 2.92. The Balaban J connectivity index is 1.80. The summed E-state index contributed by atoms with van der Waals surface area (Å²) >= 11 is 0. The van der Waals surface area contributed by atoms with Crippen molar-refractivity contribution in [3.8, 4) is 0 Å². The number of aryl methyl sites for hydroxylation is 1. The van der Waals surface area contributed by atoms with Gasteiger partial charge in [-0.3, -0.25) is 0 Å². The van der Waals surface area contributed by atoms with Crippen LogP contribution in [0.3, 0.4) is 0 Å². The standard InChI is InChI=1S/C16H25N3O/c1-12(2)15-17-13(3)9-14(18-15)19-7-6-16(10-19)5-4-8-20-11-16/h9,12H,4-8,10-11H2,1-3H3/t16-/m0/s1. The first kappa shape index (κ1) is 13.8. The molecular weight excluding hydrogens is 250 g/mol. The molecule has 20 heavy (non-hydrogen) atoms. The lowest BCUT2D eigenvalue weighted by Gasteiger charge is -2.33. The van der Waals surface area contributed by atoms with E-state index in [1.807, 2.05) is 0 Å². The van der Waals surface area contributed by atoms with Crippen LogP contribution in [0.15, 0.2) is 6.07 Å². The monoisotopic (exact) mass is 275 g/mol. The summed E-state index contributed by atoms with van der Waals surface area (Å²) in [5.41, 5.74) is 1.44. The van der Waals surface area contributed by atoms with E-state index in [4.69, 9.17) is 9.72 Å². The molecule has 0 saturated carbocycles. The molecule has 0 N–H and O–H groups in total. The van der Waals surface area contributed by atoms with Gasteiger partial charge in [-0.25, -0.2) is 9.97 Å². The minimum absolute atomic E-state index is 0.370. The first-order chi connectivity index (χ1) is 9.58. The van der Waals surface area contributed by atoms with Gasteiger partial charge in [0.15, 0.2) is 0 Å². The molecule has 3 heterocycles. The van der Waals surface area contributed by atoms with Gasteiger partial charge in [0.25, 0.3) is 0 Å². The van der Waals surface area contributed by atoms with Crippen molar-refractivity contribution in [1.82, 2.24) is 9.97 Å². The second-order valence-electron chi connectivity index (χ2n) is 6.71. The van der Waals surface area contributed by atoms with E-state index in [0.717, 1.165) is 43.6 Å². The van der Waals surface area contributed by atoms with Crippen LogP contribution in [0.25, 0.3) is 0 Å². The summed E-state index contributed by atoms with van der Waals surface area (Å²) in [5.74, 6) is 2.44. The van der Waals surface area contributed by atoms with Crippen LogP contribution in [-0.4, -0.2) is 36.3 Å². The summed E-state index contributed by atoms with van der Waals surface area (Å²) in [5, 5.41) is 0. The van der Waals surface area contributed by atoms with Crippen molar-refractivity contribution in [1.29, 1.82) is 0 Å². The molecule has 2 aliphatic rings. The normalized spacial score (nSPS) is 26.7. The molecule has 0 radical (unpaired) electrons. The number of hydrogen-bond acceptors (Lipinski definition) is 4. The van der Waals surface area contributed by atoms with Gasteiger partial charge in [-0.15, -0.1) is 0 Å². The van der Waals surface area contributed by atoms with E-state index in [-0.39, 0.29) is 0 Å². The maximum absolute atomic E-state index is 5.72.